The lowest BCUT2D eigenvalue weighted by Gasteiger charge is -2.38. The van der Waals surface area contributed by atoms with Crippen LogP contribution >= 0.6 is 0 Å². The molecule has 0 bridgehead atoms. The van der Waals surface area contributed by atoms with Crippen molar-refractivity contribution in [1.82, 2.24) is 19.7 Å². The fourth-order valence-electron chi connectivity index (χ4n) is 3.78. The van der Waals surface area contributed by atoms with E-state index in [0.29, 0.717) is 6.79 Å². The molecule has 0 unspecified atom stereocenters. The second-order valence-corrected chi connectivity index (χ2v) is 7.05. The molecule has 0 N–H and O–H groups in total. The van der Waals surface area contributed by atoms with Crippen molar-refractivity contribution in [3.05, 3.63) is 35.9 Å². The Kier molecular flexibility index (Phi) is 3.92. The van der Waals surface area contributed by atoms with Gasteiger partial charge in [-0.05, 0) is 37.5 Å². The van der Waals surface area contributed by atoms with Crippen LogP contribution in [0, 0.1) is 0 Å². The minimum Gasteiger partial charge on any atom is -0.454 e. The van der Waals surface area contributed by atoms with E-state index in [0.717, 1.165) is 30.4 Å². The number of benzene rings is 1. The van der Waals surface area contributed by atoms with Crippen LogP contribution in [0.3, 0.4) is 0 Å². The van der Waals surface area contributed by atoms with E-state index in [1.165, 1.54) is 31.2 Å². The van der Waals surface area contributed by atoms with Crippen molar-refractivity contribution >= 4 is 0 Å². The van der Waals surface area contributed by atoms with Crippen LogP contribution in [0.15, 0.2) is 24.5 Å². The maximum absolute atomic E-state index is 5.53. The van der Waals surface area contributed by atoms with Gasteiger partial charge in [0.05, 0.1) is 6.54 Å². The molecular weight excluding hydrogens is 304 g/mol. The van der Waals surface area contributed by atoms with Gasteiger partial charge in [-0.2, -0.15) is 5.10 Å². The van der Waals surface area contributed by atoms with Gasteiger partial charge in [0.15, 0.2) is 11.5 Å². The van der Waals surface area contributed by atoms with Crippen LogP contribution in [0.2, 0.25) is 0 Å². The van der Waals surface area contributed by atoms with Crippen molar-refractivity contribution < 1.29 is 9.47 Å². The third-order valence-corrected chi connectivity index (χ3v) is 5.39. The third kappa shape index (κ3) is 2.86. The van der Waals surface area contributed by atoms with E-state index in [2.05, 4.69) is 34.0 Å². The predicted molar refractivity (Wildman–Crippen MR) is 89.7 cm³/mol. The smallest absolute Gasteiger partial charge is 0.231 e. The number of aromatic nitrogens is 3. The fraction of sp³-hybridized carbons (Fsp3) is 0.556. The molecule has 1 fully saturated rings. The summed E-state index contributed by atoms with van der Waals surface area (Å²) in [5, 5.41) is 4.22. The Bertz CT molecular complexity index is 722. The molecule has 1 saturated carbocycles. The zero-order valence-corrected chi connectivity index (χ0v) is 14.4. The maximum atomic E-state index is 5.53. The molecule has 1 aliphatic carbocycles. The van der Waals surface area contributed by atoms with Gasteiger partial charge in [0, 0.05) is 19.1 Å². The van der Waals surface area contributed by atoms with Gasteiger partial charge in [0.2, 0.25) is 6.79 Å². The number of nitrogens with zero attached hydrogens (tertiary/aromatic N) is 4. The van der Waals surface area contributed by atoms with Crippen LogP contribution < -0.4 is 9.47 Å². The second kappa shape index (κ2) is 6.09. The summed E-state index contributed by atoms with van der Waals surface area (Å²) in [5.74, 6) is 2.69. The molecule has 6 heteroatoms. The van der Waals surface area contributed by atoms with Gasteiger partial charge in [-0.15, -0.1) is 0 Å². The van der Waals surface area contributed by atoms with E-state index in [1.807, 2.05) is 17.8 Å². The lowest BCUT2D eigenvalue weighted by atomic mass is 9.96. The number of fused-ring (bicyclic) bond motifs is 1. The largest absolute Gasteiger partial charge is 0.454 e. The molecule has 6 nitrogen and oxygen atoms in total. The van der Waals surface area contributed by atoms with Crippen molar-refractivity contribution in [2.45, 2.75) is 51.2 Å². The molecule has 0 saturated heterocycles. The van der Waals surface area contributed by atoms with Crippen LogP contribution in [-0.2, 0) is 20.1 Å². The normalized spacial score (nSPS) is 18.5. The summed E-state index contributed by atoms with van der Waals surface area (Å²) >= 11 is 0. The number of hydrogen-bond donors (Lipinski definition) is 0. The van der Waals surface area contributed by atoms with Crippen LogP contribution in [0.5, 0.6) is 11.5 Å². The molecule has 1 aromatic carbocycles. The molecule has 0 radical (unpaired) electrons. The van der Waals surface area contributed by atoms with E-state index >= 15 is 0 Å². The maximum Gasteiger partial charge on any atom is 0.231 e. The van der Waals surface area contributed by atoms with Crippen LogP contribution in [-0.4, -0.2) is 32.0 Å². The Hall–Kier alpha value is -2.08. The van der Waals surface area contributed by atoms with E-state index in [4.69, 9.17) is 9.47 Å². The molecule has 0 atom stereocenters. The number of aryl methyl sites for hydroxylation is 1. The lowest BCUT2D eigenvalue weighted by molar-refractivity contribution is 0.0867. The van der Waals surface area contributed by atoms with Gasteiger partial charge in [0.25, 0.3) is 0 Å². The summed E-state index contributed by atoms with van der Waals surface area (Å²) in [7, 11) is 1.96. The molecule has 2 aliphatic rings. The molecular formula is C18H24N4O2. The highest BCUT2D eigenvalue weighted by Crippen LogP contribution is 2.38. The van der Waals surface area contributed by atoms with Gasteiger partial charge in [0.1, 0.15) is 12.2 Å². The van der Waals surface area contributed by atoms with Gasteiger partial charge in [-0.1, -0.05) is 18.9 Å². The Morgan fingerprint density at radius 1 is 1.17 bits per heavy atom. The number of rotatable bonds is 5. The monoisotopic (exact) mass is 328 g/mol. The summed E-state index contributed by atoms with van der Waals surface area (Å²) in [4.78, 5) is 6.97. The SMILES string of the molecule is Cn1ncnc1CN(Cc1ccc2c(c1)OCO2)C1(C)CCCC1. The second-order valence-electron chi connectivity index (χ2n) is 7.05. The van der Waals surface area contributed by atoms with E-state index < -0.39 is 0 Å². The molecule has 1 aromatic heterocycles. The zero-order chi connectivity index (χ0) is 16.6. The Balaban J connectivity index is 1.59. The number of hydrogen-bond acceptors (Lipinski definition) is 5. The first kappa shape index (κ1) is 15.4. The molecule has 1 aliphatic heterocycles. The van der Waals surface area contributed by atoms with Crippen molar-refractivity contribution in [3.63, 3.8) is 0 Å². The molecule has 0 amide bonds. The van der Waals surface area contributed by atoms with Crippen molar-refractivity contribution in [3.8, 4) is 11.5 Å². The minimum absolute atomic E-state index is 0.211. The molecule has 0 spiro atoms. The first-order valence-electron chi connectivity index (χ1n) is 8.60. The van der Waals surface area contributed by atoms with E-state index in [-0.39, 0.29) is 5.54 Å². The Morgan fingerprint density at radius 2 is 1.96 bits per heavy atom. The van der Waals surface area contributed by atoms with Crippen molar-refractivity contribution in [2.75, 3.05) is 6.79 Å². The minimum atomic E-state index is 0.211. The topological polar surface area (TPSA) is 52.4 Å². The lowest BCUT2D eigenvalue weighted by Crippen LogP contribution is -2.43. The summed E-state index contributed by atoms with van der Waals surface area (Å²) in [6.07, 6.45) is 6.69. The van der Waals surface area contributed by atoms with Crippen LogP contribution in [0.25, 0.3) is 0 Å². The number of ether oxygens (including phenoxy) is 2. The zero-order valence-electron chi connectivity index (χ0n) is 14.4. The molecule has 128 valence electrons. The highest BCUT2D eigenvalue weighted by atomic mass is 16.7. The molecule has 2 aromatic rings. The van der Waals surface area contributed by atoms with Crippen LogP contribution in [0.4, 0.5) is 0 Å². The molecule has 4 rings (SSSR count). The first-order chi connectivity index (χ1) is 11.6. The summed E-state index contributed by atoms with van der Waals surface area (Å²) < 4.78 is 12.8. The third-order valence-electron chi connectivity index (χ3n) is 5.39. The van der Waals surface area contributed by atoms with Crippen molar-refractivity contribution in [1.29, 1.82) is 0 Å². The summed E-state index contributed by atoms with van der Waals surface area (Å²) in [6, 6.07) is 6.25. The summed E-state index contributed by atoms with van der Waals surface area (Å²) in [5.41, 5.74) is 1.46. The highest BCUT2D eigenvalue weighted by molar-refractivity contribution is 5.44. The first-order valence-corrected chi connectivity index (χ1v) is 8.60. The Morgan fingerprint density at radius 3 is 2.71 bits per heavy atom. The average Bonchev–Trinajstić information content (AvgIpc) is 3.29. The predicted octanol–water partition coefficient (Wildman–Crippen LogP) is 2.88. The standard InChI is InChI=1S/C18H24N4O2/c1-18(7-3-4-8-18)22(11-17-19-12-20-21(17)2)10-14-5-6-15-16(9-14)24-13-23-15/h5-6,9,12H,3-4,7-8,10-11,13H2,1-2H3. The van der Waals surface area contributed by atoms with E-state index in [1.54, 1.807) is 6.33 Å². The molecule has 2 heterocycles. The van der Waals surface area contributed by atoms with E-state index in [9.17, 15) is 0 Å². The van der Waals surface area contributed by atoms with Gasteiger partial charge in [-0.3, -0.25) is 9.58 Å². The van der Waals surface area contributed by atoms with Crippen molar-refractivity contribution in [2.24, 2.45) is 7.05 Å². The summed E-state index contributed by atoms with van der Waals surface area (Å²) in [6.45, 7) is 4.38. The van der Waals surface area contributed by atoms with Gasteiger partial charge >= 0.3 is 0 Å². The van der Waals surface area contributed by atoms with Gasteiger partial charge in [-0.25, -0.2) is 4.98 Å². The molecule has 24 heavy (non-hydrogen) atoms. The van der Waals surface area contributed by atoms with Crippen LogP contribution in [0.1, 0.15) is 44.0 Å². The quantitative estimate of drug-likeness (QED) is 0.845. The average molecular weight is 328 g/mol. The Labute approximate surface area is 142 Å². The van der Waals surface area contributed by atoms with Gasteiger partial charge < -0.3 is 9.47 Å². The highest BCUT2D eigenvalue weighted by Gasteiger charge is 2.35. The fourth-order valence-corrected chi connectivity index (χ4v) is 3.78.